The largest absolute Gasteiger partial charge is 0.309 e. The van der Waals surface area contributed by atoms with Gasteiger partial charge in [-0.25, -0.2) is 9.97 Å². The van der Waals surface area contributed by atoms with Gasteiger partial charge in [-0.1, -0.05) is 158 Å². The molecule has 0 aliphatic carbocycles. The highest BCUT2D eigenvalue weighted by Gasteiger charge is 2.19. The zero-order chi connectivity index (χ0) is 40.7. The van der Waals surface area contributed by atoms with E-state index in [1.807, 2.05) is 0 Å². The number of fused-ring (bicyclic) bond motifs is 10. The van der Waals surface area contributed by atoms with E-state index >= 15 is 0 Å². The zero-order valence-corrected chi connectivity index (χ0v) is 33.6. The molecule has 3 heterocycles. The molecule has 0 N–H and O–H groups in total. The summed E-state index contributed by atoms with van der Waals surface area (Å²) in [7, 11) is 0. The van der Waals surface area contributed by atoms with Gasteiger partial charge in [0.25, 0.3) is 0 Å². The average Bonchev–Trinajstić information content (AvgIpc) is 3.86. The number of benzene rings is 10. The Morgan fingerprint density at radius 3 is 1.68 bits per heavy atom. The van der Waals surface area contributed by atoms with Crippen LogP contribution in [0.5, 0.6) is 0 Å². The summed E-state index contributed by atoms with van der Waals surface area (Å²) in [5.41, 5.74) is 13.2. The Morgan fingerprint density at radius 2 is 0.855 bits per heavy atom. The van der Waals surface area contributed by atoms with E-state index in [1.54, 1.807) is 0 Å². The molecule has 0 aliphatic heterocycles. The standard InChI is InChI=1S/C58H36N4/c1-2-18-42(19-3-1)61-53-27-11-9-24-47(53)51-35-39(30-33-54(51)61)40-29-31-48-46-23-8-10-26-52(46)62(55(48)36-40)43-20-12-17-41(34-43)58-59-56-45-22-7-5-15-38(45)28-32-50(56)57(60-58)49-25-13-16-37-14-4-6-21-44(37)49/h1-36H. The third-order valence-corrected chi connectivity index (χ3v) is 12.7. The first-order valence-electron chi connectivity index (χ1n) is 21.2. The lowest BCUT2D eigenvalue weighted by molar-refractivity contribution is 1.17. The molecule has 0 fully saturated rings. The summed E-state index contributed by atoms with van der Waals surface area (Å²) in [6, 6.07) is 78.6. The molecule has 0 amide bonds. The number of hydrogen-bond acceptors (Lipinski definition) is 2. The van der Waals surface area contributed by atoms with Crippen molar-refractivity contribution in [2.75, 3.05) is 0 Å². The second kappa shape index (κ2) is 13.6. The maximum atomic E-state index is 5.44. The van der Waals surface area contributed by atoms with E-state index < -0.39 is 0 Å². The maximum absolute atomic E-state index is 5.44. The third kappa shape index (κ3) is 5.27. The van der Waals surface area contributed by atoms with Crippen LogP contribution in [0, 0.1) is 0 Å². The molecule has 0 atom stereocenters. The highest BCUT2D eigenvalue weighted by Crippen LogP contribution is 2.40. The molecule has 0 aliphatic rings. The van der Waals surface area contributed by atoms with Gasteiger partial charge in [0.05, 0.1) is 33.3 Å². The highest BCUT2D eigenvalue weighted by atomic mass is 15.0. The van der Waals surface area contributed by atoms with E-state index in [1.165, 1.54) is 54.5 Å². The van der Waals surface area contributed by atoms with Crippen molar-refractivity contribution in [3.05, 3.63) is 218 Å². The Bertz CT molecular complexity index is 3920. The molecule has 62 heavy (non-hydrogen) atoms. The van der Waals surface area contributed by atoms with Gasteiger partial charge >= 0.3 is 0 Å². The Labute approximate surface area is 357 Å². The topological polar surface area (TPSA) is 35.6 Å². The molecule has 0 radical (unpaired) electrons. The number of nitrogens with zero attached hydrogens (tertiary/aromatic N) is 4. The van der Waals surface area contributed by atoms with Gasteiger partial charge in [-0.2, -0.15) is 0 Å². The van der Waals surface area contributed by atoms with Crippen LogP contribution in [0.15, 0.2) is 218 Å². The number of hydrogen-bond donors (Lipinski definition) is 0. The van der Waals surface area contributed by atoms with E-state index in [0.29, 0.717) is 5.82 Å². The van der Waals surface area contributed by atoms with Crippen LogP contribution in [0.4, 0.5) is 0 Å². The van der Waals surface area contributed by atoms with Gasteiger partial charge in [0.1, 0.15) is 0 Å². The smallest absolute Gasteiger partial charge is 0.160 e. The lowest BCUT2D eigenvalue weighted by Gasteiger charge is -2.14. The zero-order valence-electron chi connectivity index (χ0n) is 33.6. The molecule has 10 aromatic carbocycles. The third-order valence-electron chi connectivity index (χ3n) is 12.7. The van der Waals surface area contributed by atoms with E-state index in [9.17, 15) is 0 Å². The molecule has 3 aromatic heterocycles. The van der Waals surface area contributed by atoms with Crippen molar-refractivity contribution >= 4 is 76.1 Å². The Hall–Kier alpha value is -8.34. The summed E-state index contributed by atoms with van der Waals surface area (Å²) < 4.78 is 4.77. The molecule has 13 aromatic rings. The molecule has 4 nitrogen and oxygen atoms in total. The van der Waals surface area contributed by atoms with Crippen LogP contribution in [0.2, 0.25) is 0 Å². The van der Waals surface area contributed by atoms with Crippen molar-refractivity contribution in [1.29, 1.82) is 0 Å². The van der Waals surface area contributed by atoms with Crippen LogP contribution in [-0.2, 0) is 0 Å². The fourth-order valence-corrected chi connectivity index (χ4v) is 9.85. The molecular formula is C58H36N4. The van der Waals surface area contributed by atoms with Crippen LogP contribution < -0.4 is 0 Å². The molecule has 13 rings (SSSR count). The number of para-hydroxylation sites is 3. The van der Waals surface area contributed by atoms with Crippen molar-refractivity contribution in [2.24, 2.45) is 0 Å². The first-order valence-corrected chi connectivity index (χ1v) is 21.2. The van der Waals surface area contributed by atoms with E-state index in [2.05, 4.69) is 228 Å². The second-order valence-electron chi connectivity index (χ2n) is 16.2. The number of aromatic nitrogens is 4. The van der Waals surface area contributed by atoms with Gasteiger partial charge in [-0.15, -0.1) is 0 Å². The first kappa shape index (κ1) is 34.5. The number of rotatable bonds is 5. The molecule has 288 valence electrons. The second-order valence-corrected chi connectivity index (χ2v) is 16.2. The minimum absolute atomic E-state index is 0.697. The SMILES string of the molecule is c1ccc(-n2c3ccccc3c3cc(-c4ccc5c6ccccc6n(-c6cccc(-c7nc(-c8cccc9ccccc89)c8ccc9ccccc9c8n7)c6)c5c4)ccc32)cc1. The van der Waals surface area contributed by atoms with Gasteiger partial charge in [-0.05, 0) is 87.9 Å². The van der Waals surface area contributed by atoms with Crippen LogP contribution in [0.1, 0.15) is 0 Å². The van der Waals surface area contributed by atoms with Crippen LogP contribution in [0.3, 0.4) is 0 Å². The van der Waals surface area contributed by atoms with Crippen molar-refractivity contribution in [3.8, 4) is 45.1 Å². The van der Waals surface area contributed by atoms with Crippen LogP contribution in [-0.4, -0.2) is 19.1 Å². The molecule has 0 unspecified atom stereocenters. The van der Waals surface area contributed by atoms with E-state index in [4.69, 9.17) is 9.97 Å². The van der Waals surface area contributed by atoms with Crippen molar-refractivity contribution in [2.45, 2.75) is 0 Å². The Kier molecular flexibility index (Phi) is 7.57. The molecule has 0 spiro atoms. The van der Waals surface area contributed by atoms with Gasteiger partial charge in [-0.3, -0.25) is 0 Å². The van der Waals surface area contributed by atoms with Crippen LogP contribution in [0.25, 0.3) is 121 Å². The minimum Gasteiger partial charge on any atom is -0.309 e. The summed E-state index contributed by atoms with van der Waals surface area (Å²) in [6.07, 6.45) is 0. The predicted octanol–water partition coefficient (Wildman–Crippen LogP) is 15.1. The van der Waals surface area contributed by atoms with Gasteiger partial charge in [0.2, 0.25) is 0 Å². The molecule has 0 saturated heterocycles. The maximum Gasteiger partial charge on any atom is 0.160 e. The fraction of sp³-hybridized carbons (Fsp3) is 0. The summed E-state index contributed by atoms with van der Waals surface area (Å²) in [5.74, 6) is 0.697. The quantitative estimate of drug-likeness (QED) is 0.163. The first-order chi connectivity index (χ1) is 30.7. The summed E-state index contributed by atoms with van der Waals surface area (Å²) in [4.78, 5) is 10.8. The van der Waals surface area contributed by atoms with Crippen molar-refractivity contribution in [1.82, 2.24) is 19.1 Å². The summed E-state index contributed by atoms with van der Waals surface area (Å²) in [6.45, 7) is 0. The summed E-state index contributed by atoms with van der Waals surface area (Å²) >= 11 is 0. The van der Waals surface area contributed by atoms with Gasteiger partial charge in [0, 0.05) is 54.8 Å². The minimum atomic E-state index is 0.697. The molecule has 0 saturated carbocycles. The van der Waals surface area contributed by atoms with Crippen molar-refractivity contribution < 1.29 is 0 Å². The highest BCUT2D eigenvalue weighted by molar-refractivity contribution is 6.14. The van der Waals surface area contributed by atoms with Crippen LogP contribution >= 0.6 is 0 Å². The molecule has 4 heteroatoms. The molecule has 0 bridgehead atoms. The van der Waals surface area contributed by atoms with E-state index in [0.717, 1.165) is 60.9 Å². The summed E-state index contributed by atoms with van der Waals surface area (Å²) in [5, 5.41) is 10.6. The lowest BCUT2D eigenvalue weighted by Crippen LogP contribution is -1.98. The predicted molar refractivity (Wildman–Crippen MR) is 260 cm³/mol. The Balaban J connectivity index is 1.00. The fourth-order valence-electron chi connectivity index (χ4n) is 9.85. The lowest BCUT2D eigenvalue weighted by atomic mass is 9.97. The average molecular weight is 789 g/mol. The van der Waals surface area contributed by atoms with E-state index in [-0.39, 0.29) is 0 Å². The van der Waals surface area contributed by atoms with Gasteiger partial charge in [0.15, 0.2) is 5.82 Å². The van der Waals surface area contributed by atoms with Gasteiger partial charge < -0.3 is 9.13 Å². The molecular weight excluding hydrogens is 753 g/mol. The van der Waals surface area contributed by atoms with Crippen molar-refractivity contribution in [3.63, 3.8) is 0 Å². The normalized spacial score (nSPS) is 11.9. The monoisotopic (exact) mass is 788 g/mol. The Morgan fingerprint density at radius 1 is 0.290 bits per heavy atom.